The summed E-state index contributed by atoms with van der Waals surface area (Å²) in [5.74, 6) is -0.764. The maximum absolute atomic E-state index is 13.9. The highest BCUT2D eigenvalue weighted by Crippen LogP contribution is 2.22. The molecular formula is C31H47N5O7S. The van der Waals surface area contributed by atoms with Crippen LogP contribution in [0.3, 0.4) is 0 Å². The Morgan fingerprint density at radius 3 is 2.39 bits per heavy atom. The third-order valence-corrected chi connectivity index (χ3v) is 9.07. The van der Waals surface area contributed by atoms with Gasteiger partial charge in [0.1, 0.15) is 18.2 Å². The van der Waals surface area contributed by atoms with Crippen molar-refractivity contribution >= 4 is 27.8 Å². The Morgan fingerprint density at radius 2 is 1.77 bits per heavy atom. The molecule has 7 N–H and O–H groups in total. The lowest BCUT2D eigenvalue weighted by Gasteiger charge is -2.33. The minimum atomic E-state index is -4.05. The summed E-state index contributed by atoms with van der Waals surface area (Å²) in [7, 11) is -4.05. The summed E-state index contributed by atoms with van der Waals surface area (Å²) < 4.78 is 46.0. The molecule has 0 radical (unpaired) electrons. The Kier molecular flexibility index (Phi) is 13.9. The molecule has 2 aromatic carbocycles. The second-order valence-electron chi connectivity index (χ2n) is 11.5. The summed E-state index contributed by atoms with van der Waals surface area (Å²) in [5, 5.41) is 2.86. The molecule has 0 unspecified atom stereocenters. The quantitative estimate of drug-likeness (QED) is 0.114. The highest BCUT2D eigenvalue weighted by Gasteiger charge is 2.36. The molecule has 0 aliphatic carbocycles. The fourth-order valence-electron chi connectivity index (χ4n) is 4.86. The van der Waals surface area contributed by atoms with E-state index in [1.165, 1.54) is 28.6 Å². The molecule has 2 aromatic rings. The average Bonchev–Trinajstić information content (AvgIpc) is 3.49. The molecule has 3 rings (SSSR count). The van der Waals surface area contributed by atoms with Crippen molar-refractivity contribution in [2.75, 3.05) is 38.6 Å². The molecule has 13 heteroatoms. The lowest BCUT2D eigenvalue weighted by molar-refractivity contribution is -0.153. The van der Waals surface area contributed by atoms with Crippen LogP contribution in [-0.4, -0.2) is 81.9 Å². The number of sulfonamides is 1. The van der Waals surface area contributed by atoms with Crippen molar-refractivity contribution in [1.82, 2.24) is 9.62 Å². The van der Waals surface area contributed by atoms with Gasteiger partial charge >= 0.3 is 12.1 Å². The zero-order valence-electron chi connectivity index (χ0n) is 25.6. The first-order chi connectivity index (χ1) is 21.0. The van der Waals surface area contributed by atoms with Gasteiger partial charge in [-0.05, 0) is 61.6 Å². The van der Waals surface area contributed by atoms with Crippen LogP contribution < -0.4 is 22.5 Å². The van der Waals surface area contributed by atoms with E-state index in [2.05, 4.69) is 5.32 Å². The number of esters is 1. The zero-order valence-corrected chi connectivity index (χ0v) is 26.4. The minimum absolute atomic E-state index is 0.0455. The Hall–Kier alpha value is -3.23. The second-order valence-corrected chi connectivity index (χ2v) is 13.4. The fraction of sp³-hybridized carbons (Fsp3) is 0.548. The smallest absolute Gasteiger partial charge is 0.407 e. The van der Waals surface area contributed by atoms with Crippen LogP contribution in [0.4, 0.5) is 10.5 Å². The third kappa shape index (κ3) is 11.0. The van der Waals surface area contributed by atoms with Gasteiger partial charge in [0.05, 0.1) is 30.7 Å². The van der Waals surface area contributed by atoms with Crippen molar-refractivity contribution in [3.63, 3.8) is 0 Å². The van der Waals surface area contributed by atoms with E-state index in [4.69, 9.17) is 31.4 Å². The first-order valence-electron chi connectivity index (χ1n) is 15.1. The number of nitrogens with zero attached hydrogens (tertiary/aromatic N) is 1. The van der Waals surface area contributed by atoms with Gasteiger partial charge in [0, 0.05) is 18.7 Å². The normalized spacial score (nSPS) is 17.3. The number of carbonyl (C=O) groups is 2. The molecule has 1 aliphatic rings. The van der Waals surface area contributed by atoms with Gasteiger partial charge in [0.25, 0.3) is 0 Å². The summed E-state index contributed by atoms with van der Waals surface area (Å²) in [4.78, 5) is 26.5. The largest absolute Gasteiger partial charge is 0.458 e. The number of anilines is 1. The predicted molar refractivity (Wildman–Crippen MR) is 168 cm³/mol. The molecule has 4 atom stereocenters. The Labute approximate surface area is 260 Å². The van der Waals surface area contributed by atoms with Crippen molar-refractivity contribution in [2.45, 2.75) is 75.1 Å². The van der Waals surface area contributed by atoms with E-state index in [9.17, 15) is 18.0 Å². The van der Waals surface area contributed by atoms with Crippen LogP contribution in [0.25, 0.3) is 0 Å². The van der Waals surface area contributed by atoms with Gasteiger partial charge in [-0.3, -0.25) is 4.79 Å². The summed E-state index contributed by atoms with van der Waals surface area (Å²) in [5.41, 5.74) is 18.9. The average molecular weight is 634 g/mol. The zero-order chi connectivity index (χ0) is 32.1. The van der Waals surface area contributed by atoms with Gasteiger partial charge in [0.2, 0.25) is 10.0 Å². The molecule has 44 heavy (non-hydrogen) atoms. The summed E-state index contributed by atoms with van der Waals surface area (Å²) >= 11 is 0. The van der Waals surface area contributed by atoms with Crippen LogP contribution in [0.5, 0.6) is 0 Å². The topological polar surface area (TPSA) is 189 Å². The van der Waals surface area contributed by atoms with E-state index in [1.807, 2.05) is 44.2 Å². The van der Waals surface area contributed by atoms with Crippen LogP contribution in [0, 0.1) is 5.92 Å². The monoisotopic (exact) mass is 633 g/mol. The van der Waals surface area contributed by atoms with Gasteiger partial charge in [-0.2, -0.15) is 4.31 Å². The summed E-state index contributed by atoms with van der Waals surface area (Å²) in [6.07, 6.45) is 0.231. The fourth-order valence-corrected chi connectivity index (χ4v) is 6.48. The number of unbranched alkanes of at least 4 members (excludes halogenated alkanes) is 1. The summed E-state index contributed by atoms with van der Waals surface area (Å²) in [6, 6.07) is 13.4. The van der Waals surface area contributed by atoms with E-state index in [-0.39, 0.29) is 36.9 Å². The number of hydrogen-bond donors (Lipinski definition) is 4. The van der Waals surface area contributed by atoms with Crippen molar-refractivity contribution in [1.29, 1.82) is 0 Å². The molecule has 1 aliphatic heterocycles. The van der Waals surface area contributed by atoms with Crippen LogP contribution in [0.1, 0.15) is 45.1 Å². The highest BCUT2D eigenvalue weighted by atomic mass is 32.2. The van der Waals surface area contributed by atoms with Gasteiger partial charge < -0.3 is 36.7 Å². The van der Waals surface area contributed by atoms with E-state index in [0.717, 1.165) is 5.56 Å². The van der Waals surface area contributed by atoms with Crippen LogP contribution in [-0.2, 0) is 35.4 Å². The number of benzene rings is 2. The Balaban J connectivity index is 1.98. The molecule has 1 fully saturated rings. The minimum Gasteiger partial charge on any atom is -0.458 e. The molecule has 12 nitrogen and oxygen atoms in total. The number of ether oxygens (including phenoxy) is 3. The van der Waals surface area contributed by atoms with Crippen molar-refractivity contribution < 1.29 is 32.2 Å². The number of rotatable bonds is 17. The maximum atomic E-state index is 13.9. The van der Waals surface area contributed by atoms with Gasteiger partial charge in [-0.15, -0.1) is 0 Å². The molecule has 1 heterocycles. The molecule has 244 valence electrons. The number of hydrogen-bond acceptors (Lipinski definition) is 10. The highest BCUT2D eigenvalue weighted by molar-refractivity contribution is 7.89. The molecular weight excluding hydrogens is 586 g/mol. The molecule has 0 aromatic heterocycles. The van der Waals surface area contributed by atoms with Crippen molar-refractivity contribution in [3.8, 4) is 0 Å². The number of carbonyl (C=O) groups excluding carboxylic acids is 2. The number of amides is 1. The second kappa shape index (κ2) is 17.3. The van der Waals surface area contributed by atoms with Crippen molar-refractivity contribution in [2.24, 2.45) is 17.4 Å². The van der Waals surface area contributed by atoms with E-state index < -0.39 is 46.4 Å². The first kappa shape index (κ1) is 35.3. The maximum Gasteiger partial charge on any atom is 0.407 e. The SMILES string of the molecule is CC(C)CN(C[C@H](OC(=O)[C@H](N)CCCCN)[C@@H](Cc1ccccc1)NC(=O)O[C@H]1CCOC1)S(=O)(=O)c1ccc(N)cc1. The summed E-state index contributed by atoms with van der Waals surface area (Å²) in [6.45, 7) is 4.91. The molecule has 0 spiro atoms. The van der Waals surface area contributed by atoms with Gasteiger partial charge in [-0.25, -0.2) is 13.2 Å². The molecule has 1 saturated heterocycles. The molecule has 0 saturated carbocycles. The van der Waals surface area contributed by atoms with Gasteiger partial charge in [-0.1, -0.05) is 50.6 Å². The van der Waals surface area contributed by atoms with Crippen LogP contribution in [0.15, 0.2) is 59.5 Å². The number of alkyl carbamates (subject to hydrolysis) is 1. The Morgan fingerprint density at radius 1 is 1.07 bits per heavy atom. The van der Waals surface area contributed by atoms with E-state index in [1.54, 1.807) is 0 Å². The first-order valence-corrected chi connectivity index (χ1v) is 16.5. The van der Waals surface area contributed by atoms with Crippen molar-refractivity contribution in [3.05, 3.63) is 60.2 Å². The standard InChI is InChI=1S/C31H47N5O7S/c1-22(2)19-36(44(39,40)26-13-11-24(33)12-14-26)20-29(43-30(37)27(34)10-6-7-16-32)28(18-23-8-4-3-5-9-23)35-31(38)42-25-15-17-41-21-25/h3-5,8-9,11-14,22,25,27-29H,6-7,10,15-21,32-34H2,1-2H3,(H,35,38)/t25-,27+,28+,29-/m0/s1. The van der Waals surface area contributed by atoms with Gasteiger partial charge in [0.15, 0.2) is 0 Å². The third-order valence-electron chi connectivity index (χ3n) is 7.22. The molecule has 0 bridgehead atoms. The number of nitrogen functional groups attached to an aromatic ring is 1. The predicted octanol–water partition coefficient (Wildman–Crippen LogP) is 2.41. The lowest BCUT2D eigenvalue weighted by Crippen LogP contribution is -2.54. The number of nitrogens with two attached hydrogens (primary N) is 3. The van der Waals surface area contributed by atoms with Crippen LogP contribution >= 0.6 is 0 Å². The number of nitrogens with one attached hydrogen (secondary N) is 1. The Bertz CT molecular complexity index is 1270. The van der Waals surface area contributed by atoms with Crippen LogP contribution in [0.2, 0.25) is 0 Å². The van der Waals surface area contributed by atoms with E-state index >= 15 is 0 Å². The molecule has 1 amide bonds. The lowest BCUT2D eigenvalue weighted by atomic mass is 10.0. The van der Waals surface area contributed by atoms with E-state index in [0.29, 0.717) is 44.5 Å².